The van der Waals surface area contributed by atoms with E-state index >= 15 is 0 Å². The Labute approximate surface area is 77.0 Å². The summed E-state index contributed by atoms with van der Waals surface area (Å²) in [7, 11) is 0. The van der Waals surface area contributed by atoms with Gasteiger partial charge in [-0.05, 0) is 36.1 Å². The van der Waals surface area contributed by atoms with E-state index in [1.165, 1.54) is 11.1 Å². The minimum absolute atomic E-state index is 0.0944. The Morgan fingerprint density at radius 2 is 1.92 bits per heavy atom. The number of halogens is 1. The molecule has 2 heteroatoms. The van der Waals surface area contributed by atoms with Crippen molar-refractivity contribution >= 4 is 0 Å². The van der Waals surface area contributed by atoms with Crippen molar-refractivity contribution in [2.24, 2.45) is 5.41 Å². The number of nitrogens with one attached hydrogen (secondary N) is 1. The van der Waals surface area contributed by atoms with Crippen molar-refractivity contribution in [3.05, 3.63) is 35.1 Å². The first-order valence-electron chi connectivity index (χ1n) is 4.76. The largest absolute Gasteiger partial charge is 0.315 e. The van der Waals surface area contributed by atoms with Crippen LogP contribution in [0.3, 0.4) is 0 Å². The molecular weight excluding hydrogens is 165 g/mol. The first kappa shape index (κ1) is 7.51. The van der Waals surface area contributed by atoms with Gasteiger partial charge < -0.3 is 5.32 Å². The number of fused-ring (bicyclic) bond motifs is 1. The number of hydrogen-bond acceptors (Lipinski definition) is 1. The predicted octanol–water partition coefficient (Wildman–Crippen LogP) is 1.51. The van der Waals surface area contributed by atoms with E-state index in [0.717, 1.165) is 25.9 Å². The van der Waals surface area contributed by atoms with Gasteiger partial charge >= 0.3 is 0 Å². The van der Waals surface area contributed by atoms with Gasteiger partial charge in [-0.3, -0.25) is 0 Å². The maximum atomic E-state index is 12.9. The molecule has 68 valence electrons. The topological polar surface area (TPSA) is 12.0 Å². The summed E-state index contributed by atoms with van der Waals surface area (Å²) in [6.45, 7) is 2.20. The molecule has 1 saturated heterocycles. The van der Waals surface area contributed by atoms with Crippen LogP contribution in [0.4, 0.5) is 4.39 Å². The minimum atomic E-state index is -0.0944. The Morgan fingerprint density at radius 1 is 1.15 bits per heavy atom. The molecule has 0 aromatic heterocycles. The molecule has 1 fully saturated rings. The normalized spacial score (nSPS) is 22.8. The van der Waals surface area contributed by atoms with Gasteiger partial charge in [-0.1, -0.05) is 6.07 Å². The molecule has 1 heterocycles. The van der Waals surface area contributed by atoms with Crippen LogP contribution in [0, 0.1) is 11.2 Å². The standard InChI is InChI=1S/C11H12FN/c12-10-2-1-8-4-11(6-13-7-11)5-9(8)3-10/h1-3,13H,4-7H2. The van der Waals surface area contributed by atoms with Gasteiger partial charge in [0.05, 0.1) is 0 Å². The SMILES string of the molecule is Fc1ccc2c(c1)CC1(CNC1)C2. The first-order chi connectivity index (χ1) is 6.27. The van der Waals surface area contributed by atoms with Crippen LogP contribution in [0.25, 0.3) is 0 Å². The number of hydrogen-bond donors (Lipinski definition) is 1. The monoisotopic (exact) mass is 177 g/mol. The van der Waals surface area contributed by atoms with Gasteiger partial charge in [0.15, 0.2) is 0 Å². The Morgan fingerprint density at radius 3 is 2.62 bits per heavy atom. The molecule has 1 aliphatic carbocycles. The number of benzene rings is 1. The zero-order valence-electron chi connectivity index (χ0n) is 7.44. The molecule has 0 bridgehead atoms. The lowest BCUT2D eigenvalue weighted by Crippen LogP contribution is -2.53. The quantitative estimate of drug-likeness (QED) is 0.633. The Kier molecular flexibility index (Phi) is 1.34. The van der Waals surface area contributed by atoms with Crippen LogP contribution in [-0.4, -0.2) is 13.1 Å². The van der Waals surface area contributed by atoms with Crippen molar-refractivity contribution in [2.75, 3.05) is 13.1 Å². The maximum absolute atomic E-state index is 12.9. The molecule has 0 radical (unpaired) electrons. The fourth-order valence-corrected chi connectivity index (χ4v) is 2.53. The van der Waals surface area contributed by atoms with Crippen LogP contribution in [-0.2, 0) is 12.8 Å². The second-order valence-electron chi connectivity index (χ2n) is 4.37. The molecule has 0 saturated carbocycles. The van der Waals surface area contributed by atoms with Crippen LogP contribution in [0.2, 0.25) is 0 Å². The highest BCUT2D eigenvalue weighted by molar-refractivity contribution is 5.36. The fraction of sp³-hybridized carbons (Fsp3) is 0.455. The van der Waals surface area contributed by atoms with Gasteiger partial charge in [0.25, 0.3) is 0 Å². The third kappa shape index (κ3) is 1.02. The Balaban J connectivity index is 1.99. The van der Waals surface area contributed by atoms with Crippen molar-refractivity contribution in [3.63, 3.8) is 0 Å². The zero-order chi connectivity index (χ0) is 8.89. The van der Waals surface area contributed by atoms with E-state index in [1.807, 2.05) is 6.07 Å². The van der Waals surface area contributed by atoms with Crippen molar-refractivity contribution in [1.29, 1.82) is 0 Å². The van der Waals surface area contributed by atoms with E-state index in [2.05, 4.69) is 5.32 Å². The van der Waals surface area contributed by atoms with Gasteiger partial charge in [-0.25, -0.2) is 4.39 Å². The molecule has 0 unspecified atom stereocenters. The van der Waals surface area contributed by atoms with Crippen LogP contribution in [0.15, 0.2) is 18.2 Å². The highest BCUT2D eigenvalue weighted by Gasteiger charge is 2.41. The van der Waals surface area contributed by atoms with Gasteiger partial charge in [0.2, 0.25) is 0 Å². The molecule has 0 amide bonds. The van der Waals surface area contributed by atoms with Gasteiger partial charge in [-0.2, -0.15) is 0 Å². The molecule has 3 rings (SSSR count). The third-order valence-electron chi connectivity index (χ3n) is 3.30. The summed E-state index contributed by atoms with van der Waals surface area (Å²) in [5, 5.41) is 3.30. The summed E-state index contributed by atoms with van der Waals surface area (Å²) in [6, 6.07) is 5.21. The van der Waals surface area contributed by atoms with E-state index in [0.29, 0.717) is 5.41 Å². The highest BCUT2D eigenvalue weighted by atomic mass is 19.1. The van der Waals surface area contributed by atoms with E-state index in [1.54, 1.807) is 12.1 Å². The van der Waals surface area contributed by atoms with Crippen molar-refractivity contribution < 1.29 is 4.39 Å². The third-order valence-corrected chi connectivity index (χ3v) is 3.30. The van der Waals surface area contributed by atoms with Crippen molar-refractivity contribution in [3.8, 4) is 0 Å². The Hall–Kier alpha value is -0.890. The summed E-state index contributed by atoms with van der Waals surface area (Å²) in [5.74, 6) is -0.0944. The molecule has 1 N–H and O–H groups in total. The maximum Gasteiger partial charge on any atom is 0.123 e. The predicted molar refractivity (Wildman–Crippen MR) is 49.1 cm³/mol. The van der Waals surface area contributed by atoms with Crippen LogP contribution < -0.4 is 5.32 Å². The molecule has 1 spiro atoms. The summed E-state index contributed by atoms with van der Waals surface area (Å²) >= 11 is 0. The average molecular weight is 177 g/mol. The second-order valence-corrected chi connectivity index (χ2v) is 4.37. The molecule has 13 heavy (non-hydrogen) atoms. The van der Waals surface area contributed by atoms with Crippen molar-refractivity contribution in [2.45, 2.75) is 12.8 Å². The number of rotatable bonds is 0. The molecule has 0 atom stereocenters. The summed E-state index contributed by atoms with van der Waals surface area (Å²) < 4.78 is 12.9. The lowest BCUT2D eigenvalue weighted by molar-refractivity contribution is 0.183. The van der Waals surface area contributed by atoms with Gasteiger partial charge in [0, 0.05) is 18.5 Å². The minimum Gasteiger partial charge on any atom is -0.315 e. The van der Waals surface area contributed by atoms with E-state index in [9.17, 15) is 4.39 Å². The molecule has 1 nitrogen and oxygen atoms in total. The summed E-state index contributed by atoms with van der Waals surface area (Å²) in [5.41, 5.74) is 3.01. The Bertz CT molecular complexity index is 355. The van der Waals surface area contributed by atoms with Gasteiger partial charge in [-0.15, -0.1) is 0 Å². The lowest BCUT2D eigenvalue weighted by Gasteiger charge is -2.39. The van der Waals surface area contributed by atoms with E-state index in [4.69, 9.17) is 0 Å². The highest BCUT2D eigenvalue weighted by Crippen LogP contribution is 2.39. The van der Waals surface area contributed by atoms with E-state index in [-0.39, 0.29) is 5.82 Å². The summed E-state index contributed by atoms with van der Waals surface area (Å²) in [6.07, 6.45) is 2.20. The van der Waals surface area contributed by atoms with E-state index < -0.39 is 0 Å². The average Bonchev–Trinajstić information content (AvgIpc) is 2.41. The van der Waals surface area contributed by atoms with Crippen LogP contribution in [0.5, 0.6) is 0 Å². The summed E-state index contributed by atoms with van der Waals surface area (Å²) in [4.78, 5) is 0. The zero-order valence-corrected chi connectivity index (χ0v) is 7.44. The smallest absolute Gasteiger partial charge is 0.123 e. The van der Waals surface area contributed by atoms with Crippen LogP contribution in [0.1, 0.15) is 11.1 Å². The first-order valence-corrected chi connectivity index (χ1v) is 4.76. The van der Waals surface area contributed by atoms with Gasteiger partial charge in [0.1, 0.15) is 5.82 Å². The van der Waals surface area contributed by atoms with Crippen molar-refractivity contribution in [1.82, 2.24) is 5.32 Å². The molecule has 1 aromatic rings. The molecule has 2 aliphatic rings. The molecule has 1 aliphatic heterocycles. The molecular formula is C11H12FN. The molecule has 1 aromatic carbocycles. The lowest BCUT2D eigenvalue weighted by atomic mass is 9.79. The second kappa shape index (κ2) is 2.32. The van der Waals surface area contributed by atoms with Crippen LogP contribution >= 0.6 is 0 Å². The fourth-order valence-electron chi connectivity index (χ4n) is 2.53.